The van der Waals surface area contributed by atoms with Gasteiger partial charge in [0.05, 0.1) is 0 Å². The lowest BCUT2D eigenvalue weighted by molar-refractivity contribution is 0.178. The summed E-state index contributed by atoms with van der Waals surface area (Å²) in [5.74, 6) is 0.940. The second kappa shape index (κ2) is 27.9. The highest BCUT2D eigenvalue weighted by atomic mass is 15.1. The fourth-order valence-electron chi connectivity index (χ4n) is 5.99. The molecule has 0 radical (unpaired) electrons. The van der Waals surface area contributed by atoms with E-state index in [0.717, 1.165) is 38.0 Å². The van der Waals surface area contributed by atoms with E-state index in [0.29, 0.717) is 0 Å². The molecule has 0 spiro atoms. The van der Waals surface area contributed by atoms with Crippen LogP contribution in [0.3, 0.4) is 0 Å². The lowest BCUT2D eigenvalue weighted by atomic mass is 9.90. The largest absolute Gasteiger partial charge is 0.303 e. The molecule has 1 heteroatoms. The zero-order valence-corrected chi connectivity index (χ0v) is 28.2. The summed E-state index contributed by atoms with van der Waals surface area (Å²) < 4.78 is 0. The van der Waals surface area contributed by atoms with Crippen molar-refractivity contribution in [3.05, 3.63) is 85.1 Å². The van der Waals surface area contributed by atoms with Gasteiger partial charge >= 0.3 is 0 Å². The summed E-state index contributed by atoms with van der Waals surface area (Å²) in [4.78, 5) is 2.64. The maximum Gasteiger partial charge on any atom is -0.00161 e. The second-order valence-corrected chi connectivity index (χ2v) is 12.8. The van der Waals surface area contributed by atoms with Gasteiger partial charge in [-0.15, -0.1) is 0 Å². The summed E-state index contributed by atoms with van der Waals surface area (Å²) in [7, 11) is 0. The number of rotatable bonds is 27. The minimum absolute atomic E-state index is 0.940. The summed E-state index contributed by atoms with van der Waals surface area (Å²) in [5, 5.41) is 0. The quantitative estimate of drug-likeness (QED) is 0.0535. The van der Waals surface area contributed by atoms with Crippen LogP contribution in [0.25, 0.3) is 0 Å². The monoisotopic (exact) mass is 576 g/mol. The third kappa shape index (κ3) is 22.7. The molecule has 1 rings (SSSR count). The van der Waals surface area contributed by atoms with Gasteiger partial charge in [-0.1, -0.05) is 132 Å². The molecule has 1 heterocycles. The van der Waals surface area contributed by atoms with Gasteiger partial charge in [0.2, 0.25) is 0 Å². The Morgan fingerprint density at radius 2 is 1.36 bits per heavy atom. The number of unbranched alkanes of at least 4 members (excludes halogenated alkanes) is 8. The van der Waals surface area contributed by atoms with Gasteiger partial charge in [0.1, 0.15) is 0 Å². The van der Waals surface area contributed by atoms with Crippen molar-refractivity contribution in [2.75, 3.05) is 19.6 Å². The Bertz CT molecular complexity index is 799. The van der Waals surface area contributed by atoms with Crippen LogP contribution in [0.5, 0.6) is 0 Å². The van der Waals surface area contributed by atoms with E-state index in [9.17, 15) is 0 Å². The van der Waals surface area contributed by atoms with Gasteiger partial charge in [0.25, 0.3) is 0 Å². The van der Waals surface area contributed by atoms with E-state index in [-0.39, 0.29) is 0 Å². The van der Waals surface area contributed by atoms with Gasteiger partial charge in [-0.25, -0.2) is 0 Å². The Hall–Kier alpha value is -1.86. The van der Waals surface area contributed by atoms with E-state index < -0.39 is 0 Å². The van der Waals surface area contributed by atoms with Crippen LogP contribution in [-0.2, 0) is 0 Å². The standard InChI is InChI=1S/C41H69N/c1-6-9-10-11-12-13-14-15-16-17-18-19-20-21-22-28-39(5)37-41(26-7-2)30-24-23-27-38(4)29-25-31-40-32-35-42(34-8-3)36-33-40/h7,12-13,15-16,24,26,30,40H,2,4-6,8-11,14,17-23,25,27-29,31-37H2,1,3H3/b13-12-,16-15-,30-24-,41-26+. The zero-order valence-electron chi connectivity index (χ0n) is 28.2. The highest BCUT2D eigenvalue weighted by molar-refractivity contribution is 5.27. The number of nitrogens with zero attached hydrogens (tertiary/aromatic N) is 1. The minimum Gasteiger partial charge on any atom is -0.303 e. The number of likely N-dealkylation sites (tertiary alicyclic amines) is 1. The number of hydrogen-bond acceptors (Lipinski definition) is 1. The number of piperidine rings is 1. The van der Waals surface area contributed by atoms with Crippen LogP contribution in [0.4, 0.5) is 0 Å². The Labute approximate surface area is 263 Å². The van der Waals surface area contributed by atoms with E-state index in [1.807, 2.05) is 6.08 Å². The molecule has 0 aliphatic carbocycles. The van der Waals surface area contributed by atoms with Crippen molar-refractivity contribution in [1.82, 2.24) is 4.90 Å². The first-order chi connectivity index (χ1) is 20.6. The fourth-order valence-corrected chi connectivity index (χ4v) is 5.99. The van der Waals surface area contributed by atoms with E-state index >= 15 is 0 Å². The predicted octanol–water partition coefficient (Wildman–Crippen LogP) is 13.0. The molecule has 1 aliphatic heterocycles. The highest BCUT2D eigenvalue weighted by Crippen LogP contribution is 2.24. The fraction of sp³-hybridized carbons (Fsp3) is 0.659. The van der Waals surface area contributed by atoms with Crippen LogP contribution in [0.1, 0.15) is 149 Å². The molecule has 0 aromatic rings. The molecule has 1 fully saturated rings. The Kier molecular flexibility index (Phi) is 25.4. The molecule has 0 saturated carbocycles. The van der Waals surface area contributed by atoms with Crippen molar-refractivity contribution in [3.8, 4) is 0 Å². The van der Waals surface area contributed by atoms with E-state index in [4.69, 9.17) is 0 Å². The van der Waals surface area contributed by atoms with Crippen LogP contribution in [0, 0.1) is 5.92 Å². The third-order valence-electron chi connectivity index (χ3n) is 8.65. The van der Waals surface area contributed by atoms with E-state index in [1.54, 1.807) is 0 Å². The Balaban J connectivity index is 2.07. The summed E-state index contributed by atoms with van der Waals surface area (Å²) in [6, 6.07) is 0. The second-order valence-electron chi connectivity index (χ2n) is 12.8. The Morgan fingerprint density at radius 1 is 0.690 bits per heavy atom. The zero-order chi connectivity index (χ0) is 30.5. The van der Waals surface area contributed by atoms with Crippen LogP contribution in [-0.4, -0.2) is 24.5 Å². The normalized spacial score (nSPS) is 15.4. The maximum atomic E-state index is 4.38. The smallest absolute Gasteiger partial charge is 0.00161 e. The molecule has 0 unspecified atom stereocenters. The van der Waals surface area contributed by atoms with Crippen LogP contribution in [0.2, 0.25) is 0 Å². The molecule has 238 valence electrons. The van der Waals surface area contributed by atoms with Crippen molar-refractivity contribution in [2.45, 2.75) is 149 Å². The maximum absolute atomic E-state index is 4.38. The van der Waals surface area contributed by atoms with Crippen molar-refractivity contribution < 1.29 is 0 Å². The van der Waals surface area contributed by atoms with Crippen LogP contribution in [0.15, 0.2) is 85.1 Å². The molecule has 0 aromatic carbocycles. The molecular formula is C41H69N. The SMILES string of the molecule is C=C/C=C(\C=C/CCC(=C)CCCC1CCN(CCC)CC1)CC(=C)CCCCCCC/C=C\C/C=C\CCCCC. The summed E-state index contributed by atoms with van der Waals surface area (Å²) in [6.45, 7) is 21.1. The molecule has 0 aromatic heterocycles. The van der Waals surface area contributed by atoms with Gasteiger partial charge in [0, 0.05) is 0 Å². The average molecular weight is 576 g/mol. The average Bonchev–Trinajstić information content (AvgIpc) is 2.98. The first kappa shape index (κ1) is 38.2. The lowest BCUT2D eigenvalue weighted by Gasteiger charge is -2.31. The molecule has 0 bridgehead atoms. The molecule has 1 saturated heterocycles. The van der Waals surface area contributed by atoms with Crippen molar-refractivity contribution >= 4 is 0 Å². The van der Waals surface area contributed by atoms with Gasteiger partial charge in [-0.3, -0.25) is 0 Å². The molecular weight excluding hydrogens is 506 g/mol. The van der Waals surface area contributed by atoms with E-state index in [2.05, 4.69) is 81.0 Å². The van der Waals surface area contributed by atoms with Crippen molar-refractivity contribution in [3.63, 3.8) is 0 Å². The molecule has 1 aliphatic rings. The lowest BCUT2D eigenvalue weighted by Crippen LogP contribution is -2.34. The van der Waals surface area contributed by atoms with Gasteiger partial charge in [0.15, 0.2) is 0 Å². The summed E-state index contributed by atoms with van der Waals surface area (Å²) >= 11 is 0. The van der Waals surface area contributed by atoms with Crippen molar-refractivity contribution in [1.29, 1.82) is 0 Å². The van der Waals surface area contributed by atoms with Crippen LogP contribution < -0.4 is 0 Å². The van der Waals surface area contributed by atoms with Gasteiger partial charge < -0.3 is 4.90 Å². The third-order valence-corrected chi connectivity index (χ3v) is 8.65. The predicted molar refractivity (Wildman–Crippen MR) is 192 cm³/mol. The van der Waals surface area contributed by atoms with Gasteiger partial charge in [-0.2, -0.15) is 0 Å². The molecule has 42 heavy (non-hydrogen) atoms. The first-order valence-corrected chi connectivity index (χ1v) is 17.9. The number of allylic oxidation sites excluding steroid dienone is 11. The van der Waals surface area contributed by atoms with Gasteiger partial charge in [-0.05, 0) is 127 Å². The molecule has 0 amide bonds. The van der Waals surface area contributed by atoms with Crippen LogP contribution >= 0.6 is 0 Å². The molecule has 1 nitrogen and oxygen atoms in total. The summed E-state index contributed by atoms with van der Waals surface area (Å²) in [6.07, 6.45) is 44.5. The Morgan fingerprint density at radius 3 is 2.05 bits per heavy atom. The molecule has 0 N–H and O–H groups in total. The minimum atomic E-state index is 0.940. The topological polar surface area (TPSA) is 3.24 Å². The van der Waals surface area contributed by atoms with E-state index in [1.165, 1.54) is 139 Å². The first-order valence-electron chi connectivity index (χ1n) is 17.9. The highest BCUT2D eigenvalue weighted by Gasteiger charge is 2.17. The molecule has 0 atom stereocenters. The number of hydrogen-bond donors (Lipinski definition) is 0. The van der Waals surface area contributed by atoms with Crippen molar-refractivity contribution in [2.24, 2.45) is 5.92 Å². The summed E-state index contributed by atoms with van der Waals surface area (Å²) in [5.41, 5.74) is 4.10.